The van der Waals surface area contributed by atoms with Gasteiger partial charge in [-0.15, -0.1) is 0 Å². The third-order valence-electron chi connectivity index (χ3n) is 1.95. The van der Waals surface area contributed by atoms with Gasteiger partial charge in [0, 0.05) is 39.0 Å². The lowest BCUT2D eigenvalue weighted by Gasteiger charge is -2.06. The second kappa shape index (κ2) is 7.14. The molecule has 0 aliphatic rings. The van der Waals surface area contributed by atoms with Crippen LogP contribution in [0.1, 0.15) is 5.69 Å². The molecule has 0 saturated heterocycles. The minimum atomic E-state index is 0.603. The van der Waals surface area contributed by atoms with Crippen LogP contribution in [-0.4, -0.2) is 43.9 Å². The molecule has 1 N–H and O–H groups in total. The minimum absolute atomic E-state index is 0.603. The molecule has 0 saturated carbocycles. The van der Waals surface area contributed by atoms with Gasteiger partial charge in [0.15, 0.2) is 0 Å². The van der Waals surface area contributed by atoms with Crippen molar-refractivity contribution in [1.29, 1.82) is 0 Å². The first-order valence-corrected chi connectivity index (χ1v) is 4.92. The maximum atomic E-state index is 5.10. The van der Waals surface area contributed by atoms with E-state index in [2.05, 4.69) is 15.3 Å². The van der Waals surface area contributed by atoms with E-state index in [1.807, 2.05) is 0 Å². The first-order chi connectivity index (χ1) is 7.38. The second-order valence-electron chi connectivity index (χ2n) is 3.01. The Morgan fingerprint density at radius 1 is 1.20 bits per heavy atom. The normalized spacial score (nSPS) is 10.3. The SMILES string of the molecule is COCCNCCc1nccnc1OC. The Bertz CT molecular complexity index is 281. The predicted molar refractivity (Wildman–Crippen MR) is 57.0 cm³/mol. The van der Waals surface area contributed by atoms with Crippen molar-refractivity contribution in [1.82, 2.24) is 15.3 Å². The van der Waals surface area contributed by atoms with Crippen LogP contribution in [-0.2, 0) is 11.2 Å². The van der Waals surface area contributed by atoms with Crippen LogP contribution in [0.5, 0.6) is 5.88 Å². The Labute approximate surface area is 89.8 Å². The van der Waals surface area contributed by atoms with Crippen LogP contribution < -0.4 is 10.1 Å². The number of nitrogens with zero attached hydrogens (tertiary/aromatic N) is 2. The monoisotopic (exact) mass is 211 g/mol. The van der Waals surface area contributed by atoms with Crippen molar-refractivity contribution in [2.24, 2.45) is 0 Å². The van der Waals surface area contributed by atoms with Crippen molar-refractivity contribution in [3.8, 4) is 5.88 Å². The zero-order chi connectivity index (χ0) is 10.9. The van der Waals surface area contributed by atoms with E-state index in [4.69, 9.17) is 9.47 Å². The second-order valence-corrected chi connectivity index (χ2v) is 3.01. The number of ether oxygens (including phenoxy) is 2. The number of hydrogen-bond acceptors (Lipinski definition) is 5. The lowest BCUT2D eigenvalue weighted by atomic mass is 10.3. The summed E-state index contributed by atoms with van der Waals surface area (Å²) in [5.41, 5.74) is 0.880. The summed E-state index contributed by atoms with van der Waals surface area (Å²) in [6.07, 6.45) is 4.11. The number of rotatable bonds is 7. The van der Waals surface area contributed by atoms with Gasteiger partial charge in [-0.3, -0.25) is 4.98 Å². The number of hydrogen-bond donors (Lipinski definition) is 1. The minimum Gasteiger partial charge on any atom is -0.480 e. The van der Waals surface area contributed by atoms with E-state index >= 15 is 0 Å². The molecule has 0 atom stereocenters. The first-order valence-electron chi connectivity index (χ1n) is 4.92. The van der Waals surface area contributed by atoms with Crippen LogP contribution in [0, 0.1) is 0 Å². The summed E-state index contributed by atoms with van der Waals surface area (Å²) < 4.78 is 10.0. The van der Waals surface area contributed by atoms with E-state index in [1.54, 1.807) is 26.6 Å². The van der Waals surface area contributed by atoms with Gasteiger partial charge in [0.2, 0.25) is 5.88 Å². The lowest BCUT2D eigenvalue weighted by molar-refractivity contribution is 0.199. The summed E-state index contributed by atoms with van der Waals surface area (Å²) >= 11 is 0. The maximum absolute atomic E-state index is 5.10. The molecule has 0 spiro atoms. The Balaban J connectivity index is 2.30. The highest BCUT2D eigenvalue weighted by Crippen LogP contribution is 2.09. The van der Waals surface area contributed by atoms with Crippen molar-refractivity contribution < 1.29 is 9.47 Å². The van der Waals surface area contributed by atoms with Gasteiger partial charge in [-0.05, 0) is 0 Å². The fourth-order valence-electron chi connectivity index (χ4n) is 1.20. The van der Waals surface area contributed by atoms with Crippen molar-refractivity contribution in [2.75, 3.05) is 33.9 Å². The van der Waals surface area contributed by atoms with Crippen molar-refractivity contribution in [3.63, 3.8) is 0 Å². The van der Waals surface area contributed by atoms with Gasteiger partial charge < -0.3 is 14.8 Å². The predicted octanol–water partition coefficient (Wildman–Crippen LogP) is 0.264. The van der Waals surface area contributed by atoms with Gasteiger partial charge in [-0.25, -0.2) is 4.98 Å². The molecule has 84 valence electrons. The molecule has 1 heterocycles. The Kier molecular flexibility index (Phi) is 5.65. The molecule has 0 radical (unpaired) electrons. The molecule has 0 aliphatic heterocycles. The Hall–Kier alpha value is -1.20. The molecule has 0 aromatic carbocycles. The summed E-state index contributed by atoms with van der Waals surface area (Å²) in [5, 5.41) is 3.24. The highest BCUT2D eigenvalue weighted by molar-refractivity contribution is 5.17. The van der Waals surface area contributed by atoms with Crippen molar-refractivity contribution in [3.05, 3.63) is 18.1 Å². The third kappa shape index (κ3) is 4.22. The molecule has 1 aromatic rings. The topological polar surface area (TPSA) is 56.3 Å². The average Bonchev–Trinajstić information content (AvgIpc) is 2.29. The average molecular weight is 211 g/mol. The molecule has 0 aliphatic carbocycles. The van der Waals surface area contributed by atoms with Gasteiger partial charge in [-0.2, -0.15) is 0 Å². The molecule has 5 heteroatoms. The third-order valence-corrected chi connectivity index (χ3v) is 1.95. The van der Waals surface area contributed by atoms with Crippen LogP contribution in [0.4, 0.5) is 0 Å². The van der Waals surface area contributed by atoms with Gasteiger partial charge in [0.25, 0.3) is 0 Å². The highest BCUT2D eigenvalue weighted by Gasteiger charge is 2.03. The molecular weight excluding hydrogens is 194 g/mol. The summed E-state index contributed by atoms with van der Waals surface area (Å²) in [7, 11) is 3.29. The van der Waals surface area contributed by atoms with Gasteiger partial charge in [0.05, 0.1) is 13.7 Å². The summed E-state index contributed by atoms with van der Waals surface area (Å²) in [5.74, 6) is 0.603. The Morgan fingerprint density at radius 3 is 2.73 bits per heavy atom. The lowest BCUT2D eigenvalue weighted by Crippen LogP contribution is -2.22. The Morgan fingerprint density at radius 2 is 2.00 bits per heavy atom. The standard InChI is InChI=1S/C10H17N3O2/c1-14-8-7-11-4-3-9-10(15-2)13-6-5-12-9/h5-6,11H,3-4,7-8H2,1-2H3. The summed E-state index contributed by atoms with van der Waals surface area (Å²) in [4.78, 5) is 8.28. The molecule has 15 heavy (non-hydrogen) atoms. The zero-order valence-electron chi connectivity index (χ0n) is 9.19. The van der Waals surface area contributed by atoms with E-state index in [1.165, 1.54) is 0 Å². The van der Waals surface area contributed by atoms with E-state index < -0.39 is 0 Å². The summed E-state index contributed by atoms with van der Waals surface area (Å²) in [6.45, 7) is 2.41. The van der Waals surface area contributed by atoms with E-state index in [9.17, 15) is 0 Å². The fraction of sp³-hybridized carbons (Fsp3) is 0.600. The van der Waals surface area contributed by atoms with Crippen LogP contribution in [0.25, 0.3) is 0 Å². The molecular formula is C10H17N3O2. The quantitative estimate of drug-likeness (QED) is 0.656. The van der Waals surface area contributed by atoms with Gasteiger partial charge in [0.1, 0.15) is 5.69 Å². The molecule has 0 bridgehead atoms. The van der Waals surface area contributed by atoms with E-state index in [-0.39, 0.29) is 0 Å². The molecule has 1 aromatic heterocycles. The molecule has 0 amide bonds. The van der Waals surface area contributed by atoms with Crippen molar-refractivity contribution in [2.45, 2.75) is 6.42 Å². The summed E-state index contributed by atoms with van der Waals surface area (Å²) in [6, 6.07) is 0. The number of nitrogens with one attached hydrogen (secondary N) is 1. The zero-order valence-corrected chi connectivity index (χ0v) is 9.19. The molecule has 5 nitrogen and oxygen atoms in total. The van der Waals surface area contributed by atoms with E-state index in [0.29, 0.717) is 5.88 Å². The number of methoxy groups -OCH3 is 2. The smallest absolute Gasteiger partial charge is 0.235 e. The van der Waals surface area contributed by atoms with Crippen molar-refractivity contribution >= 4 is 0 Å². The fourth-order valence-corrected chi connectivity index (χ4v) is 1.20. The van der Waals surface area contributed by atoms with Crippen LogP contribution in [0.3, 0.4) is 0 Å². The van der Waals surface area contributed by atoms with Gasteiger partial charge >= 0.3 is 0 Å². The van der Waals surface area contributed by atoms with E-state index in [0.717, 1.165) is 31.8 Å². The largest absolute Gasteiger partial charge is 0.480 e. The highest BCUT2D eigenvalue weighted by atomic mass is 16.5. The first kappa shape index (κ1) is 11.9. The van der Waals surface area contributed by atoms with Gasteiger partial charge in [-0.1, -0.05) is 0 Å². The van der Waals surface area contributed by atoms with Crippen LogP contribution in [0.2, 0.25) is 0 Å². The molecule has 0 fully saturated rings. The van der Waals surface area contributed by atoms with Crippen LogP contribution >= 0.6 is 0 Å². The molecule has 0 unspecified atom stereocenters. The van der Waals surface area contributed by atoms with Crippen LogP contribution in [0.15, 0.2) is 12.4 Å². The number of aromatic nitrogens is 2. The molecule has 1 rings (SSSR count). The maximum Gasteiger partial charge on any atom is 0.235 e.